The van der Waals surface area contributed by atoms with Crippen molar-refractivity contribution in [2.24, 2.45) is 0 Å². The minimum Gasteiger partial charge on any atom is -0.458 e. The van der Waals surface area contributed by atoms with Crippen LogP contribution in [-0.2, 0) is 49.5 Å². The van der Waals surface area contributed by atoms with Gasteiger partial charge in [0.05, 0.1) is 39.6 Å². The van der Waals surface area contributed by atoms with Gasteiger partial charge in [-0.25, -0.2) is 22.9 Å². The monoisotopic (exact) mass is 838 g/mol. The molecule has 10 rings (SSSR count). The van der Waals surface area contributed by atoms with Gasteiger partial charge in [-0.15, -0.1) is 0 Å². The fourth-order valence-electron chi connectivity index (χ4n) is 7.69. The fraction of sp³-hybridized carbons (Fsp3) is 0.196. The first-order valence-electron chi connectivity index (χ1n) is 19.5. The van der Waals surface area contributed by atoms with Crippen LogP contribution in [-0.4, -0.2) is 40.1 Å². The number of nitrogen functional groups attached to an aromatic ring is 1. The first kappa shape index (κ1) is 40.7. The second kappa shape index (κ2) is 15.8. The summed E-state index contributed by atoms with van der Waals surface area (Å²) in [6.07, 6.45) is 1.10. The molecule has 1 atom stereocenters. The summed E-state index contributed by atoms with van der Waals surface area (Å²) in [4.78, 5) is 41.0. The first-order valence-corrected chi connectivity index (χ1v) is 21.0. The third-order valence-corrected chi connectivity index (χ3v) is 12.5. The highest BCUT2D eigenvalue weighted by Crippen LogP contribution is 2.39. The normalized spacial score (nSPS) is 15.4. The zero-order valence-electron chi connectivity index (χ0n) is 33.8. The van der Waals surface area contributed by atoms with E-state index >= 15 is 0 Å². The number of fused-ring (bicyclic) bond motifs is 8. The molecule has 61 heavy (non-hydrogen) atoms. The number of hydrogen-bond donors (Lipinski definition) is 4. The van der Waals surface area contributed by atoms with Crippen LogP contribution in [0.1, 0.15) is 59.3 Å². The number of cyclic esters (lactones) is 1. The number of rotatable bonds is 5. The van der Waals surface area contributed by atoms with Crippen molar-refractivity contribution in [1.82, 2.24) is 14.7 Å². The van der Waals surface area contributed by atoms with E-state index < -0.39 is 21.6 Å². The van der Waals surface area contributed by atoms with Gasteiger partial charge in [-0.1, -0.05) is 60.6 Å². The molecule has 0 unspecified atom stereocenters. The van der Waals surface area contributed by atoms with Crippen molar-refractivity contribution >= 4 is 50.1 Å². The van der Waals surface area contributed by atoms with Gasteiger partial charge in [0.1, 0.15) is 6.61 Å². The summed E-state index contributed by atoms with van der Waals surface area (Å²) < 4.78 is 38.0. The Kier molecular flexibility index (Phi) is 10.5. The van der Waals surface area contributed by atoms with Gasteiger partial charge in [0.2, 0.25) is 11.8 Å². The molecule has 3 aliphatic rings. The second-order valence-electron chi connectivity index (χ2n) is 15.1. The highest BCUT2D eigenvalue weighted by molar-refractivity contribution is 7.92. The maximum Gasteiger partial charge on any atom is 0.343 e. The van der Waals surface area contributed by atoms with Gasteiger partial charge in [-0.2, -0.15) is 0 Å². The van der Waals surface area contributed by atoms with E-state index in [1.165, 1.54) is 53.4 Å². The zero-order chi connectivity index (χ0) is 43.2. The van der Waals surface area contributed by atoms with E-state index in [-0.39, 0.29) is 35.3 Å². The number of nitrogens with one attached hydrogen (secondary N) is 2. The summed E-state index contributed by atoms with van der Waals surface area (Å²) in [5.41, 5.74) is 15.3. The molecule has 5 heterocycles. The van der Waals surface area contributed by atoms with Gasteiger partial charge in [0.15, 0.2) is 5.60 Å². The minimum absolute atomic E-state index is 0.0274. The average Bonchev–Trinajstić information content (AvgIpc) is 3.90. The van der Waals surface area contributed by atoms with Crippen molar-refractivity contribution in [2.75, 3.05) is 15.8 Å². The number of aryl methyl sites for hydroxylation is 1. The van der Waals surface area contributed by atoms with Crippen molar-refractivity contribution < 1.29 is 32.4 Å². The maximum atomic E-state index is 13.0. The number of esters is 1. The number of nitrogens with zero attached hydrogens (tertiary/aromatic N) is 3. The Bertz CT molecular complexity index is 3070. The maximum absolute atomic E-state index is 13.0. The lowest BCUT2D eigenvalue weighted by molar-refractivity contribution is -0.172. The molecule has 15 heteroatoms. The Labute approximate surface area is 351 Å². The molecule has 0 bridgehead atoms. The van der Waals surface area contributed by atoms with Crippen molar-refractivity contribution in [3.05, 3.63) is 153 Å². The molecule has 0 spiro atoms. The number of hydrogen-bond acceptors (Lipinski definition) is 11. The van der Waals surface area contributed by atoms with E-state index in [4.69, 9.17) is 20.0 Å². The summed E-state index contributed by atoms with van der Waals surface area (Å²) in [7, 11) is -3.68. The standard InChI is InChI=1S/C20H16N2O4.C15H13NO.C11H13N3O3S/c1-2-20(25)14-8-16-17-12(7-11-5-3-4-6-15(11)21-17)9-22(16)18(23)13(14)10-26-19(20)24;1-10(17)16-13-6-7-15-12(9-13)8-11-4-2-3-5-14(11)15;1-7-8(2)13-17-11(7)14-18(15,16)10-5-3-9(12)4-6-10/h3-8,25H,2,9-10H2,1H3;2-7,9H,8H2,1H3,(H,16,17);3-6,14H,12H2,1-2H3/t20-;;/m0../s1. The smallest absolute Gasteiger partial charge is 0.343 e. The largest absolute Gasteiger partial charge is 0.458 e. The molecular formula is C46H42N6O8S. The van der Waals surface area contributed by atoms with Gasteiger partial charge < -0.3 is 30.0 Å². The average molecular weight is 839 g/mol. The third kappa shape index (κ3) is 7.64. The predicted molar refractivity (Wildman–Crippen MR) is 231 cm³/mol. The second-order valence-corrected chi connectivity index (χ2v) is 16.8. The number of pyridine rings is 2. The van der Waals surface area contributed by atoms with Crippen LogP contribution in [0.5, 0.6) is 0 Å². The van der Waals surface area contributed by atoms with Gasteiger partial charge in [-0.05, 0) is 104 Å². The molecule has 0 radical (unpaired) electrons. The summed E-state index contributed by atoms with van der Waals surface area (Å²) in [5.74, 6) is -0.605. The van der Waals surface area contributed by atoms with Crippen LogP contribution < -0.4 is 21.3 Å². The van der Waals surface area contributed by atoms with E-state index in [2.05, 4.69) is 51.6 Å². The van der Waals surface area contributed by atoms with E-state index in [1.807, 2.05) is 36.4 Å². The summed E-state index contributed by atoms with van der Waals surface area (Å²) in [5, 5.41) is 18.4. The molecule has 0 fully saturated rings. The van der Waals surface area contributed by atoms with Crippen LogP contribution in [0.25, 0.3) is 33.4 Å². The number of carbonyl (C=O) groups excluding carboxylic acids is 2. The molecule has 1 aliphatic carbocycles. The predicted octanol–water partition coefficient (Wildman–Crippen LogP) is 6.97. The summed E-state index contributed by atoms with van der Waals surface area (Å²) in [6.45, 7) is 7.00. The molecule has 0 saturated carbocycles. The van der Waals surface area contributed by atoms with E-state index in [0.717, 1.165) is 34.3 Å². The summed E-state index contributed by atoms with van der Waals surface area (Å²) >= 11 is 0. The van der Waals surface area contributed by atoms with Gasteiger partial charge in [0.25, 0.3) is 15.6 Å². The highest BCUT2D eigenvalue weighted by atomic mass is 32.2. The lowest BCUT2D eigenvalue weighted by atomic mass is 9.86. The SMILES string of the molecule is CC(=O)Nc1ccc2c(c1)Cc1ccccc1-2.CC[C@@]1(O)C(=O)OCc2c1cc1n(c2=O)Cc2cc3ccccc3nc2-1.Cc1noc(NS(=O)(=O)c2ccc(N)cc2)c1C. The number of ether oxygens (including phenoxy) is 1. The Hall–Kier alpha value is -7.10. The van der Waals surface area contributed by atoms with Crippen LogP contribution >= 0.6 is 0 Å². The van der Waals surface area contributed by atoms with Crippen molar-refractivity contribution in [1.29, 1.82) is 0 Å². The van der Waals surface area contributed by atoms with Crippen molar-refractivity contribution in [3.8, 4) is 22.5 Å². The molecular weight excluding hydrogens is 797 g/mol. The Morgan fingerprint density at radius 2 is 1.64 bits per heavy atom. The Morgan fingerprint density at radius 3 is 2.36 bits per heavy atom. The molecule has 1 amide bonds. The lowest BCUT2D eigenvalue weighted by Crippen LogP contribution is -2.44. The van der Waals surface area contributed by atoms with E-state index in [9.17, 15) is 27.9 Å². The molecule has 3 aromatic heterocycles. The van der Waals surface area contributed by atoms with Crippen molar-refractivity contribution in [2.45, 2.75) is 64.2 Å². The molecule has 0 saturated heterocycles. The third-order valence-electron chi connectivity index (χ3n) is 11.1. The first-order chi connectivity index (χ1) is 29.2. The fourth-order valence-corrected chi connectivity index (χ4v) is 8.74. The lowest BCUT2D eigenvalue weighted by Gasteiger charge is -2.31. The van der Waals surface area contributed by atoms with Gasteiger partial charge in [-0.3, -0.25) is 9.59 Å². The van der Waals surface area contributed by atoms with Crippen LogP contribution in [0.15, 0.2) is 117 Å². The van der Waals surface area contributed by atoms with Crippen LogP contribution in [0.2, 0.25) is 0 Å². The zero-order valence-corrected chi connectivity index (χ0v) is 34.6. The molecule has 14 nitrogen and oxygen atoms in total. The molecule has 2 aliphatic heterocycles. The number of aromatic nitrogens is 3. The molecule has 5 N–H and O–H groups in total. The minimum atomic E-state index is -3.68. The van der Waals surface area contributed by atoms with Crippen molar-refractivity contribution in [3.63, 3.8) is 0 Å². The van der Waals surface area contributed by atoms with Crippen LogP contribution in [0, 0.1) is 13.8 Å². The number of para-hydroxylation sites is 1. The molecule has 4 aromatic carbocycles. The van der Waals surface area contributed by atoms with Gasteiger partial charge >= 0.3 is 5.97 Å². The number of amides is 1. The number of benzene rings is 4. The van der Waals surface area contributed by atoms with Crippen LogP contribution in [0.3, 0.4) is 0 Å². The highest BCUT2D eigenvalue weighted by Gasteiger charge is 2.45. The number of sulfonamides is 1. The quantitative estimate of drug-likeness (QED) is 0.103. The van der Waals surface area contributed by atoms with E-state index in [1.54, 1.807) is 31.4 Å². The Morgan fingerprint density at radius 1 is 0.918 bits per heavy atom. The Balaban J connectivity index is 0.000000131. The molecule has 310 valence electrons. The topological polar surface area (TPSA) is 209 Å². The molecule has 7 aromatic rings. The number of anilines is 3. The number of carbonyl (C=O) groups is 2. The van der Waals surface area contributed by atoms with Gasteiger partial charge in [0, 0.05) is 40.4 Å². The van der Waals surface area contributed by atoms with E-state index in [0.29, 0.717) is 40.3 Å². The summed E-state index contributed by atoms with van der Waals surface area (Å²) in [6, 6.07) is 32.0. The van der Waals surface area contributed by atoms with Crippen LogP contribution in [0.4, 0.5) is 17.3 Å². The number of aliphatic hydroxyl groups is 1. The number of nitrogens with two attached hydrogens (primary N) is 1.